The van der Waals surface area contributed by atoms with E-state index in [0.29, 0.717) is 12.6 Å². The number of sulfonamides is 1. The van der Waals surface area contributed by atoms with Crippen LogP contribution in [0.25, 0.3) is 0 Å². The fourth-order valence-electron chi connectivity index (χ4n) is 3.27. The predicted molar refractivity (Wildman–Crippen MR) is 105 cm³/mol. The number of pyridine rings is 1. The molecule has 0 radical (unpaired) electrons. The summed E-state index contributed by atoms with van der Waals surface area (Å²) in [5.41, 5.74) is 0. The highest BCUT2D eigenvalue weighted by atomic mass is 32.2. The first-order chi connectivity index (χ1) is 12.4. The Kier molecular flexibility index (Phi) is 7.84. The van der Waals surface area contributed by atoms with Crippen LogP contribution >= 0.6 is 0 Å². The largest absolute Gasteiger partial charge is 0.355 e. The van der Waals surface area contributed by atoms with Gasteiger partial charge in [-0.25, -0.2) is 13.1 Å². The molecule has 7 nitrogen and oxygen atoms in total. The van der Waals surface area contributed by atoms with Crippen molar-refractivity contribution in [1.82, 2.24) is 20.3 Å². The summed E-state index contributed by atoms with van der Waals surface area (Å²) in [6.45, 7) is 5.33. The van der Waals surface area contributed by atoms with Gasteiger partial charge in [0, 0.05) is 38.6 Å². The van der Waals surface area contributed by atoms with Crippen LogP contribution in [0.2, 0.25) is 0 Å². The van der Waals surface area contributed by atoms with Gasteiger partial charge < -0.3 is 10.6 Å². The van der Waals surface area contributed by atoms with Crippen molar-refractivity contribution >= 4 is 16.0 Å². The van der Waals surface area contributed by atoms with E-state index >= 15 is 0 Å². The summed E-state index contributed by atoms with van der Waals surface area (Å²) in [5, 5.41) is 6.62. The van der Waals surface area contributed by atoms with Crippen LogP contribution in [0.15, 0.2) is 34.4 Å². The van der Waals surface area contributed by atoms with Gasteiger partial charge in [0.25, 0.3) is 0 Å². The smallest absolute Gasteiger partial charge is 0.242 e. The zero-order chi connectivity index (χ0) is 19.0. The van der Waals surface area contributed by atoms with E-state index in [4.69, 9.17) is 0 Å². The highest BCUT2D eigenvalue weighted by molar-refractivity contribution is 7.89. The van der Waals surface area contributed by atoms with E-state index in [9.17, 15) is 8.42 Å². The number of hydrogen-bond acceptors (Lipinski definition) is 4. The fraction of sp³-hybridized carbons (Fsp3) is 0.667. The van der Waals surface area contributed by atoms with E-state index in [0.717, 1.165) is 30.6 Å². The Morgan fingerprint density at radius 2 is 2.00 bits per heavy atom. The zero-order valence-electron chi connectivity index (χ0n) is 15.9. The minimum Gasteiger partial charge on any atom is -0.355 e. The Hall–Kier alpha value is -1.67. The quantitative estimate of drug-likeness (QED) is 0.380. The monoisotopic (exact) mass is 381 g/mol. The number of aromatic nitrogens is 1. The van der Waals surface area contributed by atoms with E-state index in [2.05, 4.69) is 39.2 Å². The van der Waals surface area contributed by atoms with Crippen LogP contribution in [0.1, 0.15) is 39.5 Å². The molecule has 0 unspecified atom stereocenters. The maximum atomic E-state index is 12.1. The van der Waals surface area contributed by atoms with Crippen LogP contribution in [0, 0.1) is 11.8 Å². The molecule has 1 heterocycles. The van der Waals surface area contributed by atoms with Crippen molar-refractivity contribution in [2.24, 2.45) is 16.8 Å². The topological polar surface area (TPSA) is 95.5 Å². The molecule has 1 fully saturated rings. The van der Waals surface area contributed by atoms with Gasteiger partial charge in [-0.2, -0.15) is 0 Å². The molecule has 2 rings (SSSR count). The second-order valence-electron chi connectivity index (χ2n) is 7.09. The second kappa shape index (κ2) is 9.87. The lowest BCUT2D eigenvalue weighted by atomic mass is 9.80. The molecule has 0 bridgehead atoms. The van der Waals surface area contributed by atoms with Crippen LogP contribution in [0.4, 0.5) is 0 Å². The van der Waals surface area contributed by atoms with Gasteiger partial charge in [0.1, 0.15) is 4.90 Å². The summed E-state index contributed by atoms with van der Waals surface area (Å²) in [6, 6.07) is 3.56. The third-order valence-corrected chi connectivity index (χ3v) is 6.38. The summed E-state index contributed by atoms with van der Waals surface area (Å²) in [5.74, 6) is 2.30. The average molecular weight is 382 g/mol. The summed E-state index contributed by atoms with van der Waals surface area (Å²) in [6.07, 6.45) is 7.68. The summed E-state index contributed by atoms with van der Waals surface area (Å²) in [4.78, 5) is 8.24. The number of nitrogens with zero attached hydrogens (tertiary/aromatic N) is 2. The molecule has 26 heavy (non-hydrogen) atoms. The molecular formula is C18H31N5O2S. The zero-order valence-corrected chi connectivity index (χ0v) is 16.7. The SMILES string of the molecule is CN=C(NCCNS(=O)(=O)c1cccnc1)NC1CCC(C(C)C)CC1. The summed E-state index contributed by atoms with van der Waals surface area (Å²) >= 11 is 0. The molecule has 8 heteroatoms. The molecule has 1 aromatic rings. The van der Waals surface area contributed by atoms with Gasteiger partial charge in [-0.3, -0.25) is 9.98 Å². The minimum atomic E-state index is -3.52. The Labute approximate surface area is 157 Å². The normalized spacial score (nSPS) is 21.6. The highest BCUT2D eigenvalue weighted by Crippen LogP contribution is 2.29. The van der Waals surface area contributed by atoms with Crippen molar-refractivity contribution in [2.45, 2.75) is 50.5 Å². The van der Waals surface area contributed by atoms with Crippen LogP contribution in [0.3, 0.4) is 0 Å². The van der Waals surface area contributed by atoms with Crippen molar-refractivity contribution in [1.29, 1.82) is 0 Å². The molecule has 1 saturated carbocycles. The molecule has 3 N–H and O–H groups in total. The third-order valence-electron chi connectivity index (χ3n) is 4.93. The van der Waals surface area contributed by atoms with Crippen LogP contribution in [0.5, 0.6) is 0 Å². The van der Waals surface area contributed by atoms with Gasteiger partial charge in [0.2, 0.25) is 10.0 Å². The lowest BCUT2D eigenvalue weighted by molar-refractivity contribution is 0.250. The molecule has 1 aliphatic rings. The maximum Gasteiger partial charge on any atom is 0.242 e. The van der Waals surface area contributed by atoms with E-state index in [-0.39, 0.29) is 11.4 Å². The van der Waals surface area contributed by atoms with Gasteiger partial charge in [0.15, 0.2) is 5.96 Å². The molecule has 146 valence electrons. The molecule has 0 amide bonds. The molecule has 0 atom stereocenters. The lowest BCUT2D eigenvalue weighted by Crippen LogP contribution is -2.46. The maximum absolute atomic E-state index is 12.1. The minimum absolute atomic E-state index is 0.171. The van der Waals surface area contributed by atoms with E-state index < -0.39 is 10.0 Å². The van der Waals surface area contributed by atoms with Gasteiger partial charge in [0.05, 0.1) is 0 Å². The number of guanidine groups is 1. The molecular weight excluding hydrogens is 350 g/mol. The summed E-state index contributed by atoms with van der Waals surface area (Å²) < 4.78 is 26.8. The molecule has 1 aliphatic carbocycles. The van der Waals surface area contributed by atoms with E-state index in [1.165, 1.54) is 25.1 Å². The lowest BCUT2D eigenvalue weighted by Gasteiger charge is -2.32. The highest BCUT2D eigenvalue weighted by Gasteiger charge is 2.23. The van der Waals surface area contributed by atoms with E-state index in [1.54, 1.807) is 19.3 Å². The van der Waals surface area contributed by atoms with Crippen molar-refractivity contribution in [2.75, 3.05) is 20.1 Å². The molecule has 1 aromatic heterocycles. The third kappa shape index (κ3) is 6.25. The van der Waals surface area contributed by atoms with Gasteiger partial charge >= 0.3 is 0 Å². The Morgan fingerprint density at radius 3 is 2.58 bits per heavy atom. The molecule has 0 spiro atoms. The Balaban J connectivity index is 1.71. The first-order valence-corrected chi connectivity index (χ1v) is 10.8. The van der Waals surface area contributed by atoms with Crippen LogP contribution < -0.4 is 15.4 Å². The molecule has 0 saturated heterocycles. The standard InChI is InChI=1S/C18H31N5O2S/c1-14(2)15-6-8-16(9-7-15)23-18(19-3)21-11-12-22-26(24,25)17-5-4-10-20-13-17/h4-5,10,13-16,22H,6-9,11-12H2,1-3H3,(H2,19,21,23). The predicted octanol–water partition coefficient (Wildman–Crippen LogP) is 1.74. The molecule has 0 aromatic carbocycles. The van der Waals surface area contributed by atoms with Gasteiger partial charge in [-0.15, -0.1) is 0 Å². The number of hydrogen-bond donors (Lipinski definition) is 3. The number of rotatable bonds is 7. The summed E-state index contributed by atoms with van der Waals surface area (Å²) in [7, 11) is -1.79. The second-order valence-corrected chi connectivity index (χ2v) is 8.85. The van der Waals surface area contributed by atoms with Gasteiger partial charge in [-0.1, -0.05) is 13.8 Å². The van der Waals surface area contributed by atoms with Crippen molar-refractivity contribution in [3.05, 3.63) is 24.5 Å². The average Bonchev–Trinajstić information content (AvgIpc) is 2.65. The van der Waals surface area contributed by atoms with E-state index in [1.807, 2.05) is 0 Å². The number of aliphatic imine (C=N–C) groups is 1. The first kappa shape index (κ1) is 20.6. The number of nitrogens with one attached hydrogen (secondary N) is 3. The van der Waals surface area contributed by atoms with Crippen molar-refractivity contribution in [3.63, 3.8) is 0 Å². The van der Waals surface area contributed by atoms with Crippen LogP contribution in [-0.2, 0) is 10.0 Å². The van der Waals surface area contributed by atoms with Crippen molar-refractivity contribution in [3.8, 4) is 0 Å². The fourth-order valence-corrected chi connectivity index (χ4v) is 4.27. The Bertz CT molecular complexity index is 668. The Morgan fingerprint density at radius 1 is 1.27 bits per heavy atom. The first-order valence-electron chi connectivity index (χ1n) is 9.29. The van der Waals surface area contributed by atoms with Crippen molar-refractivity contribution < 1.29 is 8.42 Å². The van der Waals surface area contributed by atoms with Gasteiger partial charge in [-0.05, 0) is 49.7 Å². The molecule has 0 aliphatic heterocycles. The van der Waals surface area contributed by atoms with Crippen LogP contribution in [-0.4, -0.2) is 45.5 Å².